The summed E-state index contributed by atoms with van der Waals surface area (Å²) >= 11 is 0. The van der Waals surface area contributed by atoms with Crippen LogP contribution in [0.15, 0.2) is 30.3 Å². The Morgan fingerprint density at radius 2 is 1.92 bits per heavy atom. The van der Waals surface area contributed by atoms with Gasteiger partial charge in [-0.05, 0) is 24.9 Å². The van der Waals surface area contributed by atoms with Crippen molar-refractivity contribution in [2.75, 3.05) is 13.6 Å². The van der Waals surface area contributed by atoms with Crippen LogP contribution in [0.2, 0.25) is 0 Å². The molecule has 12 heavy (non-hydrogen) atoms. The summed E-state index contributed by atoms with van der Waals surface area (Å²) < 4.78 is 0. The van der Waals surface area contributed by atoms with E-state index < -0.39 is 0 Å². The second kappa shape index (κ2) is 4.94. The normalized spacial score (nSPS) is 12.8. The van der Waals surface area contributed by atoms with Crippen molar-refractivity contribution in [1.82, 2.24) is 5.32 Å². The average Bonchev–Trinajstić information content (AvgIpc) is 2.15. The molecule has 1 atom stereocenters. The summed E-state index contributed by atoms with van der Waals surface area (Å²) in [6, 6.07) is 10.7. The Kier molecular flexibility index (Phi) is 3.81. The zero-order valence-electron chi connectivity index (χ0n) is 7.88. The molecule has 0 amide bonds. The van der Waals surface area contributed by atoms with Crippen LogP contribution >= 0.6 is 0 Å². The van der Waals surface area contributed by atoms with Crippen molar-refractivity contribution in [2.45, 2.75) is 19.3 Å². The van der Waals surface area contributed by atoms with Crippen molar-refractivity contribution in [3.8, 4) is 0 Å². The lowest BCUT2D eigenvalue weighted by Gasteiger charge is -2.13. The molecule has 1 heteroatoms. The fourth-order valence-corrected chi connectivity index (χ4v) is 1.47. The minimum Gasteiger partial charge on any atom is -0.319 e. The van der Waals surface area contributed by atoms with E-state index in [1.807, 2.05) is 7.05 Å². The van der Waals surface area contributed by atoms with E-state index in [2.05, 4.69) is 42.6 Å². The maximum Gasteiger partial charge on any atom is 0.00170 e. The van der Waals surface area contributed by atoms with E-state index in [4.69, 9.17) is 0 Å². The first kappa shape index (κ1) is 9.27. The molecule has 1 rings (SSSR count). The van der Waals surface area contributed by atoms with E-state index in [9.17, 15) is 0 Å². The molecule has 0 radical (unpaired) electrons. The number of benzene rings is 1. The van der Waals surface area contributed by atoms with Crippen molar-refractivity contribution < 1.29 is 0 Å². The van der Waals surface area contributed by atoms with Crippen LogP contribution in [0.25, 0.3) is 0 Å². The molecule has 0 aliphatic heterocycles. The molecule has 0 saturated carbocycles. The highest BCUT2D eigenvalue weighted by Gasteiger charge is 2.05. The summed E-state index contributed by atoms with van der Waals surface area (Å²) in [4.78, 5) is 0. The lowest BCUT2D eigenvalue weighted by molar-refractivity contribution is 0.612. The second-order valence-corrected chi connectivity index (χ2v) is 3.07. The van der Waals surface area contributed by atoms with Crippen LogP contribution in [0.3, 0.4) is 0 Å². The smallest absolute Gasteiger partial charge is 0.00170 e. The lowest BCUT2D eigenvalue weighted by atomic mass is 9.97. The van der Waals surface area contributed by atoms with Crippen LogP contribution in [0.5, 0.6) is 0 Å². The molecule has 0 bridgehead atoms. The first-order valence-electron chi connectivity index (χ1n) is 4.58. The van der Waals surface area contributed by atoms with Crippen LogP contribution in [0, 0.1) is 0 Å². The number of hydrogen-bond acceptors (Lipinski definition) is 1. The molecule has 0 fully saturated rings. The minimum atomic E-state index is 0.663. The van der Waals surface area contributed by atoms with Gasteiger partial charge in [0.15, 0.2) is 0 Å². The summed E-state index contributed by atoms with van der Waals surface area (Å²) in [7, 11) is 2.01. The molecule has 1 unspecified atom stereocenters. The van der Waals surface area contributed by atoms with Gasteiger partial charge in [0.2, 0.25) is 0 Å². The highest BCUT2D eigenvalue weighted by atomic mass is 14.8. The molecule has 66 valence electrons. The van der Waals surface area contributed by atoms with Crippen molar-refractivity contribution >= 4 is 0 Å². The quantitative estimate of drug-likeness (QED) is 0.718. The number of rotatable bonds is 4. The molecule has 0 aromatic heterocycles. The standard InChI is InChI=1S/C11H17N/c1-3-10(9-12-2)11-7-5-4-6-8-11/h4-8,10,12H,3,9H2,1-2H3. The zero-order valence-corrected chi connectivity index (χ0v) is 7.88. The van der Waals surface area contributed by atoms with Crippen LogP contribution < -0.4 is 5.32 Å². The Hall–Kier alpha value is -0.820. The number of likely N-dealkylation sites (N-methyl/N-ethyl adjacent to an activating group) is 1. The molecule has 0 aliphatic rings. The van der Waals surface area contributed by atoms with E-state index in [0.29, 0.717) is 5.92 Å². The predicted molar refractivity (Wildman–Crippen MR) is 53.4 cm³/mol. The van der Waals surface area contributed by atoms with Gasteiger partial charge in [-0.25, -0.2) is 0 Å². The average molecular weight is 163 g/mol. The molecule has 1 aromatic rings. The van der Waals surface area contributed by atoms with Crippen LogP contribution in [0.1, 0.15) is 24.8 Å². The topological polar surface area (TPSA) is 12.0 Å². The number of hydrogen-bond donors (Lipinski definition) is 1. The summed E-state index contributed by atoms with van der Waals surface area (Å²) in [5, 5.41) is 3.22. The van der Waals surface area contributed by atoms with Gasteiger partial charge in [-0.2, -0.15) is 0 Å². The Morgan fingerprint density at radius 3 is 2.42 bits per heavy atom. The van der Waals surface area contributed by atoms with E-state index >= 15 is 0 Å². The Labute approximate surface area is 74.8 Å². The van der Waals surface area contributed by atoms with Gasteiger partial charge in [0, 0.05) is 6.54 Å². The Bertz CT molecular complexity index is 206. The van der Waals surface area contributed by atoms with Crippen LogP contribution in [-0.2, 0) is 0 Å². The minimum absolute atomic E-state index is 0.663. The molecule has 1 nitrogen and oxygen atoms in total. The molecular formula is C11H17N. The van der Waals surface area contributed by atoms with E-state index in [1.165, 1.54) is 12.0 Å². The van der Waals surface area contributed by atoms with Crippen molar-refractivity contribution in [1.29, 1.82) is 0 Å². The van der Waals surface area contributed by atoms with Gasteiger partial charge in [0.25, 0.3) is 0 Å². The van der Waals surface area contributed by atoms with Crippen molar-refractivity contribution in [3.05, 3.63) is 35.9 Å². The van der Waals surface area contributed by atoms with Crippen molar-refractivity contribution in [3.63, 3.8) is 0 Å². The molecule has 1 N–H and O–H groups in total. The first-order chi connectivity index (χ1) is 5.88. The first-order valence-corrected chi connectivity index (χ1v) is 4.58. The largest absolute Gasteiger partial charge is 0.319 e. The third kappa shape index (κ3) is 2.35. The Balaban J connectivity index is 2.66. The lowest BCUT2D eigenvalue weighted by Crippen LogP contribution is -2.16. The van der Waals surface area contributed by atoms with Gasteiger partial charge < -0.3 is 5.32 Å². The fourth-order valence-electron chi connectivity index (χ4n) is 1.47. The molecular weight excluding hydrogens is 146 g/mol. The summed E-state index contributed by atoms with van der Waals surface area (Å²) in [5.74, 6) is 0.663. The zero-order chi connectivity index (χ0) is 8.81. The van der Waals surface area contributed by atoms with Crippen molar-refractivity contribution in [2.24, 2.45) is 0 Å². The molecule has 0 heterocycles. The van der Waals surface area contributed by atoms with E-state index in [0.717, 1.165) is 6.54 Å². The molecule has 1 aromatic carbocycles. The molecule has 0 aliphatic carbocycles. The summed E-state index contributed by atoms with van der Waals surface area (Å²) in [6.45, 7) is 3.30. The predicted octanol–water partition coefficient (Wildman–Crippen LogP) is 2.40. The van der Waals surface area contributed by atoms with Gasteiger partial charge in [0.1, 0.15) is 0 Å². The maximum absolute atomic E-state index is 3.22. The van der Waals surface area contributed by atoms with Crippen LogP contribution in [0.4, 0.5) is 0 Å². The van der Waals surface area contributed by atoms with Gasteiger partial charge in [0.05, 0.1) is 0 Å². The van der Waals surface area contributed by atoms with Gasteiger partial charge in [-0.3, -0.25) is 0 Å². The van der Waals surface area contributed by atoms with Gasteiger partial charge in [-0.15, -0.1) is 0 Å². The Morgan fingerprint density at radius 1 is 1.25 bits per heavy atom. The van der Waals surface area contributed by atoms with Gasteiger partial charge in [-0.1, -0.05) is 37.3 Å². The fraction of sp³-hybridized carbons (Fsp3) is 0.455. The third-order valence-corrected chi connectivity index (χ3v) is 2.21. The van der Waals surface area contributed by atoms with E-state index in [-0.39, 0.29) is 0 Å². The second-order valence-electron chi connectivity index (χ2n) is 3.07. The summed E-state index contributed by atoms with van der Waals surface area (Å²) in [5.41, 5.74) is 1.44. The molecule has 0 saturated heterocycles. The third-order valence-electron chi connectivity index (χ3n) is 2.21. The van der Waals surface area contributed by atoms with E-state index in [1.54, 1.807) is 0 Å². The number of nitrogens with one attached hydrogen (secondary N) is 1. The maximum atomic E-state index is 3.22. The monoisotopic (exact) mass is 163 g/mol. The SMILES string of the molecule is CCC(CNC)c1ccccc1. The molecule has 0 spiro atoms. The highest BCUT2D eigenvalue weighted by molar-refractivity contribution is 5.19. The van der Waals surface area contributed by atoms with Crippen LogP contribution in [-0.4, -0.2) is 13.6 Å². The highest BCUT2D eigenvalue weighted by Crippen LogP contribution is 2.17. The summed E-state index contributed by atoms with van der Waals surface area (Å²) in [6.07, 6.45) is 1.20. The van der Waals surface area contributed by atoms with Gasteiger partial charge >= 0.3 is 0 Å².